The average molecular weight is 178 g/mol. The molecule has 0 aromatic carbocycles. The van der Waals surface area contributed by atoms with Gasteiger partial charge in [0.1, 0.15) is 0 Å². The second-order valence-corrected chi connectivity index (χ2v) is 3.98. The van der Waals surface area contributed by atoms with E-state index in [0.717, 1.165) is 12.8 Å². The van der Waals surface area contributed by atoms with Gasteiger partial charge in [0.05, 0.1) is 0 Å². The van der Waals surface area contributed by atoms with Gasteiger partial charge in [-0.1, -0.05) is 20.3 Å². The van der Waals surface area contributed by atoms with Crippen molar-refractivity contribution < 1.29 is 8.76 Å². The molecule has 0 bridgehead atoms. The van der Waals surface area contributed by atoms with Crippen molar-refractivity contribution >= 4 is 11.3 Å². The average Bonchev–Trinajstić information content (AvgIpc) is 1.87. The first-order valence-corrected chi connectivity index (χ1v) is 4.91. The fourth-order valence-electron chi connectivity index (χ4n) is 1.08. The monoisotopic (exact) mass is 178 g/mol. The van der Waals surface area contributed by atoms with Gasteiger partial charge in [0, 0.05) is 17.8 Å². The zero-order chi connectivity index (χ0) is 8.85. The van der Waals surface area contributed by atoms with E-state index < -0.39 is 11.3 Å². The van der Waals surface area contributed by atoms with E-state index in [-0.39, 0.29) is 0 Å². The van der Waals surface area contributed by atoms with E-state index in [0.29, 0.717) is 12.5 Å². The summed E-state index contributed by atoms with van der Waals surface area (Å²) in [7, 11) is 1.59. The van der Waals surface area contributed by atoms with Crippen LogP contribution in [0.15, 0.2) is 0 Å². The maximum atomic E-state index is 10.4. The Kier molecular flexibility index (Phi) is 5.72. The summed E-state index contributed by atoms with van der Waals surface area (Å²) < 4.78 is 22.1. The van der Waals surface area contributed by atoms with E-state index in [1.165, 1.54) is 4.31 Å². The molecule has 0 heterocycles. The lowest BCUT2D eigenvalue weighted by Gasteiger charge is -2.22. The first-order valence-electron chi connectivity index (χ1n) is 3.88. The summed E-state index contributed by atoms with van der Waals surface area (Å²) in [5.74, 6) is 0.461. The maximum absolute atomic E-state index is 10.4. The molecule has 0 aliphatic carbocycles. The van der Waals surface area contributed by atoms with E-state index in [1.807, 2.05) is 0 Å². The largest absolute Gasteiger partial charge is 0.760 e. The molecule has 0 rings (SSSR count). The van der Waals surface area contributed by atoms with Crippen molar-refractivity contribution in [2.75, 3.05) is 13.6 Å². The quantitative estimate of drug-likeness (QED) is 0.593. The smallest absolute Gasteiger partial charge is 0.0206 e. The molecule has 0 amide bonds. The van der Waals surface area contributed by atoms with E-state index >= 15 is 0 Å². The van der Waals surface area contributed by atoms with E-state index in [9.17, 15) is 8.76 Å². The van der Waals surface area contributed by atoms with Gasteiger partial charge in [-0.05, 0) is 19.4 Å². The predicted octanol–water partition coefficient (Wildman–Crippen LogP) is 1.15. The number of rotatable bonds is 5. The van der Waals surface area contributed by atoms with Crippen molar-refractivity contribution in [2.45, 2.75) is 26.7 Å². The third-order valence-electron chi connectivity index (χ3n) is 1.60. The lowest BCUT2D eigenvalue weighted by atomic mass is 10.1. The van der Waals surface area contributed by atoms with Crippen LogP contribution in [0.2, 0.25) is 0 Å². The Hall–Kier alpha value is 0.0700. The van der Waals surface area contributed by atoms with E-state index in [1.54, 1.807) is 7.05 Å². The second kappa shape index (κ2) is 5.69. The minimum Gasteiger partial charge on any atom is -0.760 e. The van der Waals surface area contributed by atoms with Crippen LogP contribution < -0.4 is 0 Å². The highest BCUT2D eigenvalue weighted by Crippen LogP contribution is 2.06. The summed E-state index contributed by atoms with van der Waals surface area (Å²) in [6.45, 7) is 4.79. The number of hydrogen-bond acceptors (Lipinski definition) is 2. The second-order valence-electron chi connectivity index (χ2n) is 2.92. The van der Waals surface area contributed by atoms with Crippen molar-refractivity contribution in [1.82, 2.24) is 4.31 Å². The lowest BCUT2D eigenvalue weighted by Crippen LogP contribution is -2.26. The van der Waals surface area contributed by atoms with Gasteiger partial charge >= 0.3 is 0 Å². The van der Waals surface area contributed by atoms with E-state index in [4.69, 9.17) is 0 Å². The van der Waals surface area contributed by atoms with Crippen LogP contribution in [-0.4, -0.2) is 26.7 Å². The molecule has 68 valence electrons. The van der Waals surface area contributed by atoms with Crippen LogP contribution >= 0.6 is 0 Å². The van der Waals surface area contributed by atoms with Gasteiger partial charge in [-0.25, -0.2) is 4.31 Å². The molecule has 3 nitrogen and oxygen atoms in total. The Morgan fingerprint density at radius 1 is 1.64 bits per heavy atom. The summed E-state index contributed by atoms with van der Waals surface area (Å²) in [6, 6.07) is 0. The SMILES string of the molecule is CCCC(C)CN(C)S(=O)[O-]. The molecule has 0 aliphatic heterocycles. The Morgan fingerprint density at radius 3 is 2.55 bits per heavy atom. The van der Waals surface area contributed by atoms with Crippen molar-refractivity contribution in [3.8, 4) is 0 Å². The molecule has 4 heteroatoms. The van der Waals surface area contributed by atoms with Crippen molar-refractivity contribution in [2.24, 2.45) is 5.92 Å². The van der Waals surface area contributed by atoms with Gasteiger partial charge in [0.15, 0.2) is 0 Å². The molecular weight excluding hydrogens is 162 g/mol. The van der Waals surface area contributed by atoms with Crippen LogP contribution in [0, 0.1) is 5.92 Å². The van der Waals surface area contributed by atoms with Crippen LogP contribution in [0.5, 0.6) is 0 Å². The minimum absolute atomic E-state index is 0.461. The Bertz CT molecular complexity index is 130. The summed E-state index contributed by atoms with van der Waals surface area (Å²) in [4.78, 5) is 0. The summed E-state index contributed by atoms with van der Waals surface area (Å²) in [6.07, 6.45) is 2.20. The van der Waals surface area contributed by atoms with Gasteiger partial charge in [-0.3, -0.25) is 4.21 Å². The van der Waals surface area contributed by atoms with Crippen LogP contribution in [0.4, 0.5) is 0 Å². The predicted molar refractivity (Wildman–Crippen MR) is 45.6 cm³/mol. The third kappa shape index (κ3) is 5.35. The highest BCUT2D eigenvalue weighted by atomic mass is 32.2. The van der Waals surface area contributed by atoms with Crippen LogP contribution in [0.25, 0.3) is 0 Å². The Balaban J connectivity index is 3.56. The minimum atomic E-state index is -2.05. The molecule has 2 atom stereocenters. The Labute approximate surface area is 71.2 Å². The highest BCUT2D eigenvalue weighted by Gasteiger charge is 2.04. The lowest BCUT2D eigenvalue weighted by molar-refractivity contribution is 0.368. The maximum Gasteiger partial charge on any atom is 0.0206 e. The normalized spacial score (nSPS) is 16.8. The molecule has 0 aromatic heterocycles. The molecule has 0 radical (unpaired) electrons. The zero-order valence-electron chi connectivity index (χ0n) is 7.37. The molecule has 0 saturated carbocycles. The molecule has 0 saturated heterocycles. The molecule has 2 unspecified atom stereocenters. The molecule has 0 fully saturated rings. The number of nitrogens with zero attached hydrogens (tertiary/aromatic N) is 1. The third-order valence-corrected chi connectivity index (χ3v) is 2.26. The van der Waals surface area contributed by atoms with Crippen LogP contribution in [0.3, 0.4) is 0 Å². The zero-order valence-corrected chi connectivity index (χ0v) is 8.19. The summed E-state index contributed by atoms with van der Waals surface area (Å²) >= 11 is -2.05. The van der Waals surface area contributed by atoms with Crippen LogP contribution in [0.1, 0.15) is 26.7 Å². The van der Waals surface area contributed by atoms with Gasteiger partial charge in [-0.15, -0.1) is 0 Å². The van der Waals surface area contributed by atoms with Gasteiger partial charge in [0.2, 0.25) is 0 Å². The van der Waals surface area contributed by atoms with Crippen molar-refractivity contribution in [3.05, 3.63) is 0 Å². The van der Waals surface area contributed by atoms with Crippen LogP contribution in [-0.2, 0) is 11.3 Å². The first-order chi connectivity index (χ1) is 5.07. The topological polar surface area (TPSA) is 43.4 Å². The molecule has 0 aromatic rings. The fraction of sp³-hybridized carbons (Fsp3) is 1.00. The number of hydrogen-bond donors (Lipinski definition) is 0. The highest BCUT2D eigenvalue weighted by molar-refractivity contribution is 7.76. The molecule has 0 aliphatic rings. The molecule has 11 heavy (non-hydrogen) atoms. The standard InChI is InChI=1S/C7H17NO2S/c1-4-5-7(2)6-8(3)11(9)10/h7H,4-6H2,1-3H3,(H,9,10)/p-1. The van der Waals surface area contributed by atoms with E-state index in [2.05, 4.69) is 13.8 Å². The molecular formula is C7H16NO2S-. The van der Waals surface area contributed by atoms with Crippen molar-refractivity contribution in [1.29, 1.82) is 0 Å². The van der Waals surface area contributed by atoms with Gasteiger partial charge in [-0.2, -0.15) is 0 Å². The molecule has 0 spiro atoms. The summed E-state index contributed by atoms with van der Waals surface area (Å²) in [5, 5.41) is 0. The fourth-order valence-corrected chi connectivity index (χ4v) is 1.46. The summed E-state index contributed by atoms with van der Waals surface area (Å²) in [5.41, 5.74) is 0. The van der Waals surface area contributed by atoms with Gasteiger partial charge in [0.25, 0.3) is 0 Å². The first kappa shape index (κ1) is 11.1. The molecule has 0 N–H and O–H groups in total. The van der Waals surface area contributed by atoms with Crippen molar-refractivity contribution in [3.63, 3.8) is 0 Å². The Morgan fingerprint density at radius 2 is 2.18 bits per heavy atom. The van der Waals surface area contributed by atoms with Gasteiger partial charge < -0.3 is 4.55 Å².